The average Bonchev–Trinajstić information content (AvgIpc) is 3.26. The van der Waals surface area contributed by atoms with Crippen molar-refractivity contribution in [2.45, 2.75) is 26.3 Å². The van der Waals surface area contributed by atoms with E-state index in [4.69, 9.17) is 4.42 Å². The molecule has 1 aliphatic rings. The van der Waals surface area contributed by atoms with Gasteiger partial charge in [-0.3, -0.25) is 9.48 Å². The Morgan fingerprint density at radius 3 is 2.80 bits per heavy atom. The number of carbonyl (C=O) groups excluding carboxylic acids is 1. The van der Waals surface area contributed by atoms with Gasteiger partial charge in [0.2, 0.25) is 5.78 Å². The molecule has 25 heavy (non-hydrogen) atoms. The van der Waals surface area contributed by atoms with Crippen LogP contribution in [0, 0.1) is 25.2 Å². The number of furan rings is 1. The van der Waals surface area contributed by atoms with Crippen molar-refractivity contribution in [2.75, 3.05) is 11.5 Å². The highest BCUT2D eigenvalue weighted by molar-refractivity contribution is 7.91. The Morgan fingerprint density at radius 1 is 1.48 bits per heavy atom. The minimum Gasteiger partial charge on any atom is -0.461 e. The van der Waals surface area contributed by atoms with Crippen molar-refractivity contribution in [3.63, 3.8) is 0 Å². The van der Waals surface area contributed by atoms with Gasteiger partial charge < -0.3 is 4.42 Å². The highest BCUT2D eigenvalue weighted by Crippen LogP contribution is 2.28. The Balaban J connectivity index is 1.98. The van der Waals surface area contributed by atoms with Crippen LogP contribution in [0.2, 0.25) is 0 Å². The number of hydrogen-bond acceptors (Lipinski definition) is 6. The van der Waals surface area contributed by atoms with Gasteiger partial charge in [0.05, 0.1) is 29.5 Å². The van der Waals surface area contributed by atoms with Crippen LogP contribution in [0.15, 0.2) is 28.4 Å². The molecule has 0 unspecified atom stereocenters. The first-order valence-corrected chi connectivity index (χ1v) is 9.60. The van der Waals surface area contributed by atoms with Gasteiger partial charge in [0.15, 0.2) is 15.6 Å². The Hall–Kier alpha value is -2.66. The van der Waals surface area contributed by atoms with Crippen LogP contribution >= 0.6 is 0 Å². The van der Waals surface area contributed by atoms with Crippen molar-refractivity contribution < 1.29 is 17.6 Å². The maximum absolute atomic E-state index is 12.3. The summed E-state index contributed by atoms with van der Waals surface area (Å²) in [4.78, 5) is 12.3. The first kappa shape index (κ1) is 17.2. The summed E-state index contributed by atoms with van der Waals surface area (Å²) in [6, 6.07) is 4.77. The third kappa shape index (κ3) is 3.28. The molecule has 2 aromatic heterocycles. The molecule has 2 aromatic rings. The van der Waals surface area contributed by atoms with Gasteiger partial charge >= 0.3 is 0 Å². The number of rotatable bonds is 4. The minimum atomic E-state index is -3.03. The summed E-state index contributed by atoms with van der Waals surface area (Å²) in [6.07, 6.45) is 3.38. The standard InChI is InChI=1S/C17H17N3O4S/c1-11-15(8-13(9-18)17(21)16-4-3-6-24-16)12(2)20(19-11)14-5-7-25(22,23)10-14/h3-4,6,8,14H,5,7,10H2,1-2H3/b13-8+/t14-/m0/s1. The zero-order valence-electron chi connectivity index (χ0n) is 13.9. The Morgan fingerprint density at radius 2 is 2.24 bits per heavy atom. The number of carbonyl (C=O) groups is 1. The third-order valence-electron chi connectivity index (χ3n) is 4.33. The molecule has 0 N–H and O–H groups in total. The van der Waals surface area contributed by atoms with E-state index in [1.165, 1.54) is 18.4 Å². The number of hydrogen-bond donors (Lipinski definition) is 0. The van der Waals surface area contributed by atoms with Gasteiger partial charge in [-0.25, -0.2) is 8.42 Å². The van der Waals surface area contributed by atoms with E-state index in [0.717, 1.165) is 5.69 Å². The SMILES string of the molecule is Cc1nn([C@H]2CCS(=O)(=O)C2)c(C)c1/C=C(\C#N)C(=O)c1ccco1. The molecule has 0 spiro atoms. The lowest BCUT2D eigenvalue weighted by Crippen LogP contribution is -2.14. The first-order valence-electron chi connectivity index (χ1n) is 7.78. The van der Waals surface area contributed by atoms with Crippen molar-refractivity contribution >= 4 is 21.7 Å². The molecule has 1 aliphatic heterocycles. The van der Waals surface area contributed by atoms with Crippen LogP contribution in [0.4, 0.5) is 0 Å². The summed E-state index contributed by atoms with van der Waals surface area (Å²) >= 11 is 0. The van der Waals surface area contributed by atoms with Gasteiger partial charge in [0.25, 0.3) is 0 Å². The first-order chi connectivity index (χ1) is 11.8. The van der Waals surface area contributed by atoms with E-state index in [0.29, 0.717) is 17.7 Å². The van der Waals surface area contributed by atoms with Crippen LogP contribution in [0.25, 0.3) is 6.08 Å². The van der Waals surface area contributed by atoms with Crippen LogP contribution < -0.4 is 0 Å². The fraction of sp³-hybridized carbons (Fsp3) is 0.353. The molecule has 7 nitrogen and oxygen atoms in total. The number of Topliss-reactive ketones (excluding diaryl/α,β-unsaturated/α-hetero) is 1. The second-order valence-corrected chi connectivity index (χ2v) is 8.29. The average molecular weight is 359 g/mol. The van der Waals surface area contributed by atoms with Gasteiger partial charge in [0, 0.05) is 11.3 Å². The fourth-order valence-corrected chi connectivity index (χ4v) is 4.73. The zero-order valence-corrected chi connectivity index (χ0v) is 14.7. The number of aryl methyl sites for hydroxylation is 1. The fourth-order valence-electron chi connectivity index (χ4n) is 3.04. The Kier molecular flexibility index (Phi) is 4.35. The molecule has 3 heterocycles. The lowest BCUT2D eigenvalue weighted by atomic mass is 10.1. The molecule has 1 fully saturated rings. The normalized spacial score (nSPS) is 19.7. The molecule has 0 bridgehead atoms. The molecule has 0 radical (unpaired) electrons. The summed E-state index contributed by atoms with van der Waals surface area (Å²) in [5, 5.41) is 13.8. The minimum absolute atomic E-state index is 0.0558. The summed E-state index contributed by atoms with van der Waals surface area (Å²) in [6.45, 7) is 3.58. The van der Waals surface area contributed by atoms with E-state index in [1.807, 2.05) is 13.0 Å². The monoisotopic (exact) mass is 359 g/mol. The zero-order chi connectivity index (χ0) is 18.2. The number of ketones is 1. The number of aromatic nitrogens is 2. The van der Waals surface area contributed by atoms with E-state index < -0.39 is 15.6 Å². The molecular formula is C17H17N3O4S. The maximum atomic E-state index is 12.3. The van der Waals surface area contributed by atoms with Crippen LogP contribution in [0.5, 0.6) is 0 Å². The van der Waals surface area contributed by atoms with Crippen LogP contribution in [0.3, 0.4) is 0 Å². The van der Waals surface area contributed by atoms with Crippen LogP contribution in [0.1, 0.15) is 40.0 Å². The Bertz CT molecular complexity index is 992. The molecule has 3 rings (SSSR count). The molecule has 0 aliphatic carbocycles. The molecule has 1 saturated heterocycles. The molecule has 1 atom stereocenters. The van der Waals surface area contributed by atoms with Crippen molar-refractivity contribution in [1.82, 2.24) is 9.78 Å². The molecule has 130 valence electrons. The maximum Gasteiger partial charge on any atom is 0.238 e. The van der Waals surface area contributed by atoms with Gasteiger partial charge in [-0.1, -0.05) is 0 Å². The summed E-state index contributed by atoms with van der Waals surface area (Å²) < 4.78 is 30.2. The van der Waals surface area contributed by atoms with Crippen LogP contribution in [-0.4, -0.2) is 35.5 Å². The number of nitrogens with zero attached hydrogens (tertiary/aromatic N) is 3. The third-order valence-corrected chi connectivity index (χ3v) is 6.08. The second-order valence-electron chi connectivity index (χ2n) is 6.06. The van der Waals surface area contributed by atoms with E-state index in [-0.39, 0.29) is 28.9 Å². The molecule has 0 saturated carbocycles. The van der Waals surface area contributed by atoms with Gasteiger partial charge in [0.1, 0.15) is 11.6 Å². The van der Waals surface area contributed by atoms with E-state index in [9.17, 15) is 18.5 Å². The molecule has 0 amide bonds. The number of allylic oxidation sites excluding steroid dienone is 1. The van der Waals surface area contributed by atoms with Crippen LogP contribution in [-0.2, 0) is 9.84 Å². The highest BCUT2D eigenvalue weighted by Gasteiger charge is 2.31. The van der Waals surface area contributed by atoms with E-state index in [1.54, 1.807) is 17.7 Å². The summed E-state index contributed by atoms with van der Waals surface area (Å²) in [7, 11) is -3.03. The highest BCUT2D eigenvalue weighted by atomic mass is 32.2. The number of sulfone groups is 1. The lowest BCUT2D eigenvalue weighted by Gasteiger charge is -2.11. The van der Waals surface area contributed by atoms with Gasteiger partial charge in [-0.2, -0.15) is 10.4 Å². The Labute approximate surface area is 145 Å². The van der Waals surface area contributed by atoms with Gasteiger partial charge in [-0.05, 0) is 38.5 Å². The topological polar surface area (TPSA) is 106 Å². The predicted octanol–water partition coefficient (Wildman–Crippen LogP) is 2.24. The molecule has 0 aromatic carbocycles. The lowest BCUT2D eigenvalue weighted by molar-refractivity contribution is 0.101. The predicted molar refractivity (Wildman–Crippen MR) is 90.6 cm³/mol. The largest absolute Gasteiger partial charge is 0.461 e. The smallest absolute Gasteiger partial charge is 0.238 e. The molecule has 8 heteroatoms. The number of nitriles is 1. The quantitative estimate of drug-likeness (QED) is 0.471. The summed E-state index contributed by atoms with van der Waals surface area (Å²) in [5.41, 5.74) is 1.97. The van der Waals surface area contributed by atoms with Gasteiger partial charge in [-0.15, -0.1) is 0 Å². The molecular weight excluding hydrogens is 342 g/mol. The van der Waals surface area contributed by atoms with Crippen molar-refractivity contribution in [3.05, 3.63) is 46.7 Å². The summed E-state index contributed by atoms with van der Waals surface area (Å²) in [5.74, 6) is -0.184. The van der Waals surface area contributed by atoms with Crippen molar-refractivity contribution in [1.29, 1.82) is 5.26 Å². The van der Waals surface area contributed by atoms with E-state index >= 15 is 0 Å². The van der Waals surface area contributed by atoms with Crippen molar-refractivity contribution in [2.24, 2.45) is 0 Å². The van der Waals surface area contributed by atoms with E-state index in [2.05, 4.69) is 5.10 Å². The van der Waals surface area contributed by atoms with Crippen molar-refractivity contribution in [3.8, 4) is 6.07 Å². The second kappa shape index (κ2) is 6.33.